The van der Waals surface area contributed by atoms with E-state index >= 15 is 0 Å². The molecule has 1 aliphatic rings. The van der Waals surface area contributed by atoms with Crippen LogP contribution in [0.5, 0.6) is 0 Å². The Morgan fingerprint density at radius 2 is 2.09 bits per heavy atom. The molecule has 0 bridgehead atoms. The molecule has 0 saturated carbocycles. The van der Waals surface area contributed by atoms with Crippen molar-refractivity contribution in [2.45, 2.75) is 6.54 Å². The van der Waals surface area contributed by atoms with Crippen LogP contribution < -0.4 is 10.2 Å². The molecule has 0 unspecified atom stereocenters. The topological polar surface area (TPSA) is 48.5 Å². The maximum atomic E-state index is 11.9. The number of rotatable bonds is 4. The molecule has 116 valence electrons. The summed E-state index contributed by atoms with van der Waals surface area (Å²) < 4.78 is 0. The second kappa shape index (κ2) is 6.89. The highest BCUT2D eigenvalue weighted by atomic mass is 32.1. The first-order valence-corrected chi connectivity index (χ1v) is 8.35. The molecule has 1 aliphatic heterocycles. The summed E-state index contributed by atoms with van der Waals surface area (Å²) in [6.45, 7) is 4.67. The molecular formula is C16H20N4OS. The summed E-state index contributed by atoms with van der Waals surface area (Å²) in [5, 5.41) is 6.67. The molecule has 1 amide bonds. The van der Waals surface area contributed by atoms with Gasteiger partial charge in [-0.05, 0) is 30.1 Å². The lowest BCUT2D eigenvalue weighted by atomic mass is 10.2. The van der Waals surface area contributed by atoms with Crippen LogP contribution in [0.1, 0.15) is 15.9 Å². The summed E-state index contributed by atoms with van der Waals surface area (Å²) >= 11 is 1.53. The number of likely N-dealkylation sites (N-methyl/N-ethyl adjacent to an activating group) is 1. The van der Waals surface area contributed by atoms with E-state index in [-0.39, 0.29) is 5.91 Å². The molecule has 1 fully saturated rings. The maximum absolute atomic E-state index is 11.9. The minimum Gasteiger partial charge on any atom is -0.354 e. The number of carbonyl (C=O) groups is 1. The minimum atomic E-state index is -0.0376. The highest BCUT2D eigenvalue weighted by Crippen LogP contribution is 2.13. The molecule has 0 radical (unpaired) electrons. The van der Waals surface area contributed by atoms with Crippen molar-refractivity contribution in [1.29, 1.82) is 0 Å². The number of thiophene rings is 1. The van der Waals surface area contributed by atoms with Crippen LogP contribution in [0.15, 0.2) is 35.2 Å². The largest absolute Gasteiger partial charge is 0.354 e. The number of aromatic nitrogens is 1. The SMILES string of the molecule is CN1CCN(c2ccc(CNC(=O)c3ccsc3)cn2)CC1. The molecule has 0 atom stereocenters. The Morgan fingerprint density at radius 1 is 1.27 bits per heavy atom. The lowest BCUT2D eigenvalue weighted by Crippen LogP contribution is -2.44. The van der Waals surface area contributed by atoms with Crippen molar-refractivity contribution >= 4 is 23.1 Å². The third-order valence-electron chi connectivity index (χ3n) is 3.87. The number of hydrogen-bond acceptors (Lipinski definition) is 5. The Balaban J connectivity index is 1.54. The first-order chi connectivity index (χ1) is 10.7. The number of amides is 1. The van der Waals surface area contributed by atoms with Gasteiger partial charge in [-0.2, -0.15) is 11.3 Å². The highest BCUT2D eigenvalue weighted by molar-refractivity contribution is 7.08. The number of nitrogens with zero attached hydrogens (tertiary/aromatic N) is 3. The number of piperazine rings is 1. The minimum absolute atomic E-state index is 0.0376. The quantitative estimate of drug-likeness (QED) is 0.935. The second-order valence-corrected chi connectivity index (χ2v) is 6.29. The number of hydrogen-bond donors (Lipinski definition) is 1. The Labute approximate surface area is 134 Å². The summed E-state index contributed by atoms with van der Waals surface area (Å²) in [7, 11) is 2.14. The van der Waals surface area contributed by atoms with E-state index in [1.165, 1.54) is 11.3 Å². The number of carbonyl (C=O) groups excluding carboxylic acids is 1. The van der Waals surface area contributed by atoms with E-state index in [9.17, 15) is 4.79 Å². The summed E-state index contributed by atoms with van der Waals surface area (Å²) in [5.41, 5.74) is 1.73. The normalized spacial score (nSPS) is 15.8. The smallest absolute Gasteiger partial charge is 0.252 e. The van der Waals surface area contributed by atoms with Crippen LogP contribution in [0.2, 0.25) is 0 Å². The van der Waals surface area contributed by atoms with Crippen LogP contribution in [-0.4, -0.2) is 49.0 Å². The molecule has 2 aromatic rings. The molecule has 1 saturated heterocycles. The number of pyridine rings is 1. The summed E-state index contributed by atoms with van der Waals surface area (Å²) in [4.78, 5) is 21.0. The van der Waals surface area contributed by atoms with Crippen molar-refractivity contribution < 1.29 is 4.79 Å². The van der Waals surface area contributed by atoms with E-state index in [0.717, 1.165) is 37.6 Å². The van der Waals surface area contributed by atoms with Crippen LogP contribution in [0.4, 0.5) is 5.82 Å². The van der Waals surface area contributed by atoms with Gasteiger partial charge in [0.1, 0.15) is 5.82 Å². The van der Waals surface area contributed by atoms with Crippen LogP contribution in [-0.2, 0) is 6.54 Å². The van der Waals surface area contributed by atoms with E-state index in [1.807, 2.05) is 35.2 Å². The number of nitrogens with one attached hydrogen (secondary N) is 1. The first-order valence-electron chi connectivity index (χ1n) is 7.41. The Kier molecular flexibility index (Phi) is 4.70. The Morgan fingerprint density at radius 3 is 2.73 bits per heavy atom. The zero-order chi connectivity index (χ0) is 15.4. The lowest BCUT2D eigenvalue weighted by Gasteiger charge is -2.33. The Hall–Kier alpha value is -1.92. The third-order valence-corrected chi connectivity index (χ3v) is 4.56. The van der Waals surface area contributed by atoms with E-state index in [0.29, 0.717) is 12.1 Å². The van der Waals surface area contributed by atoms with Gasteiger partial charge in [0.15, 0.2) is 0 Å². The number of anilines is 1. The van der Waals surface area contributed by atoms with Crippen LogP contribution in [0, 0.1) is 0 Å². The van der Waals surface area contributed by atoms with E-state index < -0.39 is 0 Å². The van der Waals surface area contributed by atoms with Gasteiger partial charge in [0, 0.05) is 49.9 Å². The molecule has 6 heteroatoms. The predicted molar refractivity (Wildman–Crippen MR) is 89.4 cm³/mol. The molecule has 3 rings (SSSR count). The van der Waals surface area contributed by atoms with E-state index in [2.05, 4.69) is 27.1 Å². The molecule has 2 aromatic heterocycles. The molecule has 0 spiro atoms. The van der Waals surface area contributed by atoms with Crippen molar-refractivity contribution in [2.75, 3.05) is 38.1 Å². The van der Waals surface area contributed by atoms with Gasteiger partial charge in [-0.15, -0.1) is 0 Å². The molecule has 0 aromatic carbocycles. The molecule has 0 aliphatic carbocycles. The van der Waals surface area contributed by atoms with Gasteiger partial charge in [-0.25, -0.2) is 4.98 Å². The average Bonchev–Trinajstić information content (AvgIpc) is 3.08. The molecule has 1 N–H and O–H groups in total. The van der Waals surface area contributed by atoms with Crippen molar-refractivity contribution in [2.24, 2.45) is 0 Å². The fraction of sp³-hybridized carbons (Fsp3) is 0.375. The monoisotopic (exact) mass is 316 g/mol. The van der Waals surface area contributed by atoms with Gasteiger partial charge in [0.05, 0.1) is 0 Å². The fourth-order valence-corrected chi connectivity index (χ4v) is 3.06. The standard InChI is InChI=1S/C16H20N4OS/c1-19-5-7-20(8-6-19)15-3-2-13(10-17-15)11-18-16(21)14-4-9-22-12-14/h2-4,9-10,12H,5-8,11H2,1H3,(H,18,21). The summed E-state index contributed by atoms with van der Waals surface area (Å²) in [6.07, 6.45) is 1.85. The van der Waals surface area contributed by atoms with Gasteiger partial charge in [-0.3, -0.25) is 4.79 Å². The zero-order valence-corrected chi connectivity index (χ0v) is 13.5. The van der Waals surface area contributed by atoms with Gasteiger partial charge in [0.2, 0.25) is 0 Å². The van der Waals surface area contributed by atoms with Gasteiger partial charge in [0.25, 0.3) is 5.91 Å². The second-order valence-electron chi connectivity index (χ2n) is 5.51. The average molecular weight is 316 g/mol. The third kappa shape index (κ3) is 3.64. The predicted octanol–water partition coefficient (Wildman–Crippen LogP) is 1.82. The molecular weight excluding hydrogens is 296 g/mol. The van der Waals surface area contributed by atoms with Gasteiger partial charge >= 0.3 is 0 Å². The summed E-state index contributed by atoms with van der Waals surface area (Å²) in [6, 6.07) is 5.90. The van der Waals surface area contributed by atoms with Crippen molar-refractivity contribution in [3.63, 3.8) is 0 Å². The zero-order valence-electron chi connectivity index (χ0n) is 12.7. The van der Waals surface area contributed by atoms with Crippen molar-refractivity contribution in [3.05, 3.63) is 46.3 Å². The van der Waals surface area contributed by atoms with Crippen LogP contribution in [0.25, 0.3) is 0 Å². The van der Waals surface area contributed by atoms with Crippen molar-refractivity contribution in [3.8, 4) is 0 Å². The lowest BCUT2D eigenvalue weighted by molar-refractivity contribution is 0.0951. The van der Waals surface area contributed by atoms with Crippen LogP contribution in [0.3, 0.4) is 0 Å². The highest BCUT2D eigenvalue weighted by Gasteiger charge is 2.15. The van der Waals surface area contributed by atoms with Gasteiger partial charge in [-0.1, -0.05) is 6.07 Å². The fourth-order valence-electron chi connectivity index (χ4n) is 2.42. The first kappa shape index (κ1) is 15.0. The maximum Gasteiger partial charge on any atom is 0.252 e. The molecule has 3 heterocycles. The van der Waals surface area contributed by atoms with Gasteiger partial charge < -0.3 is 15.1 Å². The van der Waals surface area contributed by atoms with E-state index in [1.54, 1.807) is 0 Å². The summed E-state index contributed by atoms with van der Waals surface area (Å²) in [5.74, 6) is 0.977. The Bertz CT molecular complexity index is 604. The molecule has 5 nitrogen and oxygen atoms in total. The van der Waals surface area contributed by atoms with Crippen molar-refractivity contribution in [1.82, 2.24) is 15.2 Å². The van der Waals surface area contributed by atoms with Crippen LogP contribution >= 0.6 is 11.3 Å². The van der Waals surface area contributed by atoms with E-state index in [4.69, 9.17) is 0 Å². The molecule has 22 heavy (non-hydrogen) atoms.